The van der Waals surface area contributed by atoms with Crippen molar-refractivity contribution in [3.05, 3.63) is 47.8 Å². The molecule has 176 valence electrons. The van der Waals surface area contributed by atoms with Crippen molar-refractivity contribution in [1.82, 2.24) is 24.9 Å². The molecule has 8 nitrogen and oxygen atoms in total. The normalized spacial score (nSPS) is 18.1. The minimum absolute atomic E-state index is 0.00160. The van der Waals surface area contributed by atoms with Crippen LogP contribution >= 0.6 is 0 Å². The van der Waals surface area contributed by atoms with Gasteiger partial charge in [-0.05, 0) is 37.7 Å². The van der Waals surface area contributed by atoms with Crippen LogP contribution in [0.3, 0.4) is 0 Å². The predicted molar refractivity (Wildman–Crippen MR) is 128 cm³/mol. The molecule has 8 heteroatoms. The fraction of sp³-hybridized carbons (Fsp3) is 0.583. The highest BCUT2D eigenvalue weighted by molar-refractivity contribution is 5.80. The van der Waals surface area contributed by atoms with Gasteiger partial charge < -0.3 is 19.7 Å². The summed E-state index contributed by atoms with van der Waals surface area (Å²) in [6.07, 6.45) is 3.91. The Kier molecular flexibility index (Phi) is 8.93. The molecule has 1 N–H and O–H groups in total. The van der Waals surface area contributed by atoms with Gasteiger partial charge in [0.25, 0.3) is 0 Å². The van der Waals surface area contributed by atoms with Crippen LogP contribution < -0.4 is 10.1 Å². The summed E-state index contributed by atoms with van der Waals surface area (Å²) >= 11 is 0. The van der Waals surface area contributed by atoms with Crippen molar-refractivity contribution in [1.29, 1.82) is 0 Å². The Balaban J connectivity index is 1.81. The zero-order chi connectivity index (χ0) is 22.9. The Morgan fingerprint density at radius 1 is 1.34 bits per heavy atom. The lowest BCUT2D eigenvalue weighted by Gasteiger charge is -2.35. The molecule has 1 aromatic heterocycles. The number of benzene rings is 1. The lowest BCUT2D eigenvalue weighted by Crippen LogP contribution is -2.48. The van der Waals surface area contributed by atoms with Gasteiger partial charge in [0.05, 0.1) is 39.0 Å². The quantitative estimate of drug-likeness (QED) is 0.476. The molecule has 1 aliphatic heterocycles. The number of aromatic nitrogens is 2. The zero-order valence-electron chi connectivity index (χ0n) is 20.1. The predicted octanol–water partition coefficient (Wildman–Crippen LogP) is 2.85. The summed E-state index contributed by atoms with van der Waals surface area (Å²) < 4.78 is 13.3. The van der Waals surface area contributed by atoms with Crippen LogP contribution in [0.5, 0.6) is 5.75 Å². The second kappa shape index (κ2) is 11.9. The number of ether oxygens (including phenoxy) is 2. The molecule has 1 fully saturated rings. The maximum Gasteiger partial charge on any atom is 0.194 e. The molecule has 32 heavy (non-hydrogen) atoms. The molecule has 2 aromatic rings. The maximum atomic E-state index is 6.03. The van der Waals surface area contributed by atoms with E-state index in [9.17, 15) is 0 Å². The fourth-order valence-corrected chi connectivity index (χ4v) is 4.19. The Morgan fingerprint density at radius 2 is 2.16 bits per heavy atom. The van der Waals surface area contributed by atoms with Gasteiger partial charge in [0.2, 0.25) is 0 Å². The summed E-state index contributed by atoms with van der Waals surface area (Å²) in [4.78, 5) is 9.84. The molecular formula is C24H38N6O2. The van der Waals surface area contributed by atoms with Crippen molar-refractivity contribution in [2.45, 2.75) is 32.9 Å². The smallest absolute Gasteiger partial charge is 0.194 e. The number of nitrogens with one attached hydrogen (secondary N) is 1. The standard InChI is InChI=1S/C24H38N6O2/c1-6-25-24(30-12-13-32-23(18-30)20-15-27-28(4)17-20)26-16-22(29(7-2)8-3)19-10-9-11-21(14-19)31-5/h9-11,14-15,17,22-23H,6-8,12-13,16,18H2,1-5H3,(H,25,26). The molecule has 2 heterocycles. The first-order valence-electron chi connectivity index (χ1n) is 11.6. The van der Waals surface area contributed by atoms with E-state index in [1.807, 2.05) is 30.2 Å². The third kappa shape index (κ3) is 6.01. The summed E-state index contributed by atoms with van der Waals surface area (Å²) in [5, 5.41) is 7.79. The number of methoxy groups -OCH3 is 1. The second-order valence-electron chi connectivity index (χ2n) is 7.96. The van der Waals surface area contributed by atoms with Gasteiger partial charge in [-0.2, -0.15) is 5.10 Å². The van der Waals surface area contributed by atoms with Gasteiger partial charge >= 0.3 is 0 Å². The molecule has 2 atom stereocenters. The van der Waals surface area contributed by atoms with Gasteiger partial charge in [0.15, 0.2) is 5.96 Å². The summed E-state index contributed by atoms with van der Waals surface area (Å²) in [5.74, 6) is 1.81. The van der Waals surface area contributed by atoms with E-state index in [0.29, 0.717) is 13.2 Å². The molecule has 0 saturated carbocycles. The molecule has 0 spiro atoms. The van der Waals surface area contributed by atoms with Gasteiger partial charge in [-0.1, -0.05) is 26.0 Å². The Bertz CT molecular complexity index is 864. The van der Waals surface area contributed by atoms with E-state index in [0.717, 1.165) is 50.0 Å². The fourth-order valence-electron chi connectivity index (χ4n) is 4.19. The first-order valence-corrected chi connectivity index (χ1v) is 11.6. The Hall–Kier alpha value is -2.58. The van der Waals surface area contributed by atoms with E-state index < -0.39 is 0 Å². The topological polar surface area (TPSA) is 67.2 Å². The van der Waals surface area contributed by atoms with Crippen LogP contribution in [0.1, 0.15) is 44.0 Å². The van der Waals surface area contributed by atoms with Crippen LogP contribution in [0.2, 0.25) is 0 Å². The number of aryl methyl sites for hydroxylation is 1. The van der Waals surface area contributed by atoms with Gasteiger partial charge in [-0.25, -0.2) is 0 Å². The largest absolute Gasteiger partial charge is 0.497 e. The molecule has 0 bridgehead atoms. The van der Waals surface area contributed by atoms with Crippen molar-refractivity contribution in [2.24, 2.45) is 12.0 Å². The Labute approximate surface area is 192 Å². The summed E-state index contributed by atoms with van der Waals surface area (Å²) in [6.45, 7) is 12.2. The van der Waals surface area contributed by atoms with E-state index in [-0.39, 0.29) is 12.1 Å². The zero-order valence-corrected chi connectivity index (χ0v) is 20.1. The average molecular weight is 443 g/mol. The molecule has 0 aliphatic carbocycles. The first kappa shape index (κ1) is 24.1. The summed E-state index contributed by atoms with van der Waals surface area (Å²) in [6, 6.07) is 8.52. The molecule has 3 rings (SSSR count). The number of rotatable bonds is 9. The SMILES string of the molecule is CCNC(=NCC(c1cccc(OC)c1)N(CC)CC)N1CCOC(c2cnn(C)c2)C1. The first-order chi connectivity index (χ1) is 15.6. The molecule has 1 saturated heterocycles. The van der Waals surface area contributed by atoms with Gasteiger partial charge in [-0.15, -0.1) is 0 Å². The van der Waals surface area contributed by atoms with Crippen LogP contribution in [0.25, 0.3) is 0 Å². The van der Waals surface area contributed by atoms with E-state index in [1.165, 1.54) is 5.56 Å². The lowest BCUT2D eigenvalue weighted by molar-refractivity contribution is -0.00808. The number of likely N-dealkylation sites (N-methyl/N-ethyl adjacent to an activating group) is 1. The highest BCUT2D eigenvalue weighted by Gasteiger charge is 2.26. The van der Waals surface area contributed by atoms with Crippen molar-refractivity contribution in [3.63, 3.8) is 0 Å². The van der Waals surface area contributed by atoms with E-state index >= 15 is 0 Å². The number of guanidine groups is 1. The molecular weight excluding hydrogens is 404 g/mol. The number of morpholine rings is 1. The minimum Gasteiger partial charge on any atom is -0.497 e. The molecule has 2 unspecified atom stereocenters. The summed E-state index contributed by atoms with van der Waals surface area (Å²) in [5.41, 5.74) is 2.33. The van der Waals surface area contributed by atoms with Crippen molar-refractivity contribution < 1.29 is 9.47 Å². The van der Waals surface area contributed by atoms with Crippen LogP contribution in [0, 0.1) is 0 Å². The van der Waals surface area contributed by atoms with Crippen molar-refractivity contribution in [3.8, 4) is 5.75 Å². The molecule has 1 aliphatic rings. The van der Waals surface area contributed by atoms with Crippen molar-refractivity contribution >= 4 is 5.96 Å². The summed E-state index contributed by atoms with van der Waals surface area (Å²) in [7, 11) is 3.64. The Morgan fingerprint density at radius 3 is 2.81 bits per heavy atom. The lowest BCUT2D eigenvalue weighted by atomic mass is 10.0. The van der Waals surface area contributed by atoms with E-state index in [4.69, 9.17) is 14.5 Å². The highest BCUT2D eigenvalue weighted by Crippen LogP contribution is 2.25. The van der Waals surface area contributed by atoms with Gasteiger partial charge in [0.1, 0.15) is 11.9 Å². The minimum atomic E-state index is -0.00160. The second-order valence-corrected chi connectivity index (χ2v) is 7.96. The van der Waals surface area contributed by atoms with Crippen LogP contribution in [0.15, 0.2) is 41.7 Å². The van der Waals surface area contributed by atoms with E-state index in [2.05, 4.69) is 59.2 Å². The third-order valence-electron chi connectivity index (χ3n) is 5.94. The average Bonchev–Trinajstić information content (AvgIpc) is 3.27. The third-order valence-corrected chi connectivity index (χ3v) is 5.94. The molecule has 0 amide bonds. The highest BCUT2D eigenvalue weighted by atomic mass is 16.5. The number of hydrogen-bond acceptors (Lipinski definition) is 5. The van der Waals surface area contributed by atoms with Gasteiger partial charge in [0, 0.05) is 31.9 Å². The number of hydrogen-bond donors (Lipinski definition) is 1. The van der Waals surface area contributed by atoms with Gasteiger partial charge in [-0.3, -0.25) is 14.6 Å². The van der Waals surface area contributed by atoms with Crippen LogP contribution in [0.4, 0.5) is 0 Å². The number of aliphatic imine (C=N–C) groups is 1. The maximum absolute atomic E-state index is 6.03. The monoisotopic (exact) mass is 442 g/mol. The number of nitrogens with zero attached hydrogens (tertiary/aromatic N) is 5. The van der Waals surface area contributed by atoms with E-state index in [1.54, 1.807) is 7.11 Å². The van der Waals surface area contributed by atoms with Crippen LogP contribution in [-0.4, -0.2) is 78.5 Å². The molecule has 1 aromatic carbocycles. The van der Waals surface area contributed by atoms with Crippen LogP contribution in [-0.2, 0) is 11.8 Å². The molecule has 0 radical (unpaired) electrons. The van der Waals surface area contributed by atoms with Crippen molar-refractivity contribution in [2.75, 3.05) is 53.0 Å².